The SMILES string of the molecule is O=C(NCc1ccc(F)c(OC(F)F)c1)c1cc(C(=O)NCC23C4C5C2C2C3C4C52C(=O)O)n2nccc2n1. The summed E-state index contributed by atoms with van der Waals surface area (Å²) in [6, 6.07) is 6.21. The Morgan fingerprint density at radius 3 is 2.41 bits per heavy atom. The number of amides is 2. The Bertz CT molecular complexity index is 1590. The summed E-state index contributed by atoms with van der Waals surface area (Å²) in [5, 5.41) is 19.4. The van der Waals surface area contributed by atoms with Gasteiger partial charge in [-0.3, -0.25) is 14.4 Å². The van der Waals surface area contributed by atoms with Crippen LogP contribution in [-0.2, 0) is 11.3 Å². The summed E-state index contributed by atoms with van der Waals surface area (Å²) in [6.45, 7) is -2.86. The number of aliphatic carboxylic acids is 1. The molecular weight excluding hydrogens is 519 g/mol. The highest BCUT2D eigenvalue weighted by Crippen LogP contribution is 3.10. The zero-order valence-electron chi connectivity index (χ0n) is 20.0. The minimum absolute atomic E-state index is 0.0192. The van der Waals surface area contributed by atoms with Crippen LogP contribution in [0.2, 0.25) is 0 Å². The molecule has 3 N–H and O–H groups in total. The molecule has 200 valence electrons. The van der Waals surface area contributed by atoms with Crippen LogP contribution < -0.4 is 15.4 Å². The molecule has 2 aromatic heterocycles. The normalized spacial score (nSPS) is 35.1. The van der Waals surface area contributed by atoms with E-state index in [9.17, 15) is 32.7 Å². The summed E-state index contributed by atoms with van der Waals surface area (Å²) in [4.78, 5) is 42.1. The van der Waals surface area contributed by atoms with Crippen molar-refractivity contribution in [1.29, 1.82) is 0 Å². The van der Waals surface area contributed by atoms with Crippen molar-refractivity contribution >= 4 is 23.4 Å². The van der Waals surface area contributed by atoms with Gasteiger partial charge in [0.05, 0.1) is 11.6 Å². The van der Waals surface area contributed by atoms with Crippen molar-refractivity contribution in [3.05, 3.63) is 59.3 Å². The highest BCUT2D eigenvalue weighted by atomic mass is 19.3. The van der Waals surface area contributed by atoms with Crippen molar-refractivity contribution in [1.82, 2.24) is 25.2 Å². The maximum atomic E-state index is 13.7. The maximum absolute atomic E-state index is 13.7. The third kappa shape index (κ3) is 2.39. The lowest BCUT2D eigenvalue weighted by molar-refractivity contribution is -0.640. The number of carbonyl (C=O) groups excluding carboxylic acids is 2. The second kappa shape index (κ2) is 7.07. The first-order valence-corrected chi connectivity index (χ1v) is 12.6. The Labute approximate surface area is 217 Å². The van der Waals surface area contributed by atoms with E-state index in [0.717, 1.165) is 12.1 Å². The third-order valence-electron chi connectivity index (χ3n) is 10.3. The first-order chi connectivity index (χ1) is 18.7. The number of hydrogen-bond acceptors (Lipinski definition) is 6. The second-order valence-corrected chi connectivity index (χ2v) is 11.1. The van der Waals surface area contributed by atoms with Gasteiger partial charge in [-0.1, -0.05) is 6.07 Å². The highest BCUT2D eigenvalue weighted by molar-refractivity contribution is 5.98. The Balaban J connectivity index is 0.965. The molecule has 0 spiro atoms. The lowest BCUT2D eigenvalue weighted by Crippen LogP contribution is -3.11. The first-order valence-electron chi connectivity index (χ1n) is 12.6. The Morgan fingerprint density at radius 2 is 1.74 bits per heavy atom. The topological polar surface area (TPSA) is 135 Å². The van der Waals surface area contributed by atoms with Crippen LogP contribution in [0, 0.1) is 52.2 Å². The zero-order valence-corrected chi connectivity index (χ0v) is 20.0. The zero-order chi connectivity index (χ0) is 27.0. The van der Waals surface area contributed by atoms with Gasteiger partial charge in [0.1, 0.15) is 11.4 Å². The Kier molecular flexibility index (Phi) is 4.13. The average Bonchev–Trinajstić information content (AvgIpc) is 3.40. The van der Waals surface area contributed by atoms with Gasteiger partial charge < -0.3 is 20.5 Å². The fourth-order valence-electron chi connectivity index (χ4n) is 9.16. The average molecular weight is 539 g/mol. The van der Waals surface area contributed by atoms with Crippen LogP contribution in [-0.4, -0.2) is 50.6 Å². The van der Waals surface area contributed by atoms with Gasteiger partial charge in [0.2, 0.25) is 0 Å². The number of halogens is 3. The number of carboxylic acid groups (broad SMARTS) is 1. The molecular formula is C26H20F3N5O5. The van der Waals surface area contributed by atoms with E-state index >= 15 is 0 Å². The van der Waals surface area contributed by atoms with Crippen LogP contribution >= 0.6 is 0 Å². The molecule has 9 rings (SSSR count). The lowest BCUT2D eigenvalue weighted by atomic mass is 8.92. The minimum Gasteiger partial charge on any atom is -0.481 e. The molecule has 13 heteroatoms. The van der Waals surface area contributed by atoms with Crippen molar-refractivity contribution in [3.63, 3.8) is 0 Å². The standard InChI is InChI=1S/C26H20F3N5O5/c27-10-2-1-9(5-13(10)39-24(28)29)7-30-21(35)11-6-12(34-14(33-11)3-4-32-34)22(36)31-8-25-15-18-16(25)20-17(25)19(15)26(18,20)23(37)38/h1-6,15-20,24H,7-8H2,(H,30,35)(H,31,36)(H,37,38). The molecule has 3 aromatic rings. The van der Waals surface area contributed by atoms with Gasteiger partial charge in [0.15, 0.2) is 17.2 Å². The fraction of sp³-hybridized carbons (Fsp3) is 0.423. The Morgan fingerprint density at radius 1 is 1.03 bits per heavy atom. The number of ether oxygens (including phenoxy) is 1. The molecule has 0 aliphatic heterocycles. The molecule has 0 saturated heterocycles. The molecule has 10 nitrogen and oxygen atoms in total. The monoisotopic (exact) mass is 539 g/mol. The summed E-state index contributed by atoms with van der Waals surface area (Å²) >= 11 is 0. The second-order valence-electron chi connectivity index (χ2n) is 11.1. The van der Waals surface area contributed by atoms with E-state index in [1.807, 2.05) is 0 Å². The lowest BCUT2D eigenvalue weighted by Gasteiger charge is -3.10. The molecule has 0 radical (unpaired) electrons. The van der Waals surface area contributed by atoms with Crippen molar-refractivity contribution in [2.24, 2.45) is 46.3 Å². The van der Waals surface area contributed by atoms with Crippen LogP contribution in [0.15, 0.2) is 36.5 Å². The number of hydrogen-bond donors (Lipinski definition) is 3. The number of nitrogens with zero attached hydrogens (tertiary/aromatic N) is 3. The molecule has 1 aromatic carbocycles. The molecule has 6 aliphatic carbocycles. The first kappa shape index (κ1) is 22.8. The van der Waals surface area contributed by atoms with Crippen LogP contribution in [0.4, 0.5) is 13.2 Å². The molecule has 0 atom stereocenters. The third-order valence-corrected chi connectivity index (χ3v) is 10.3. The van der Waals surface area contributed by atoms with Gasteiger partial charge in [0, 0.05) is 25.2 Å². The minimum atomic E-state index is -3.20. The van der Waals surface area contributed by atoms with Gasteiger partial charge >= 0.3 is 12.6 Å². The summed E-state index contributed by atoms with van der Waals surface area (Å²) in [6.07, 6.45) is 1.45. The molecule has 2 heterocycles. The molecule has 39 heavy (non-hydrogen) atoms. The van der Waals surface area contributed by atoms with E-state index in [4.69, 9.17) is 0 Å². The molecule has 0 bridgehead atoms. The number of fused-ring (bicyclic) bond motifs is 1. The van der Waals surface area contributed by atoms with E-state index in [0.29, 0.717) is 29.9 Å². The molecule has 6 fully saturated rings. The number of benzene rings is 1. The van der Waals surface area contributed by atoms with Gasteiger partial charge in [-0.2, -0.15) is 13.9 Å². The summed E-state index contributed by atoms with van der Waals surface area (Å²) < 4.78 is 44.2. The number of rotatable bonds is 9. The van der Waals surface area contributed by atoms with Crippen LogP contribution in [0.5, 0.6) is 5.75 Å². The van der Waals surface area contributed by atoms with Crippen molar-refractivity contribution in [3.8, 4) is 5.75 Å². The van der Waals surface area contributed by atoms with E-state index < -0.39 is 41.4 Å². The van der Waals surface area contributed by atoms with Crippen LogP contribution in [0.25, 0.3) is 5.65 Å². The predicted octanol–water partition coefficient (Wildman–Crippen LogP) is 1.95. The molecule has 6 aliphatic rings. The quantitative estimate of drug-likeness (QED) is 0.378. The van der Waals surface area contributed by atoms with E-state index in [-0.39, 0.29) is 46.7 Å². The van der Waals surface area contributed by atoms with Crippen LogP contribution in [0.3, 0.4) is 0 Å². The summed E-state index contributed by atoms with van der Waals surface area (Å²) in [7, 11) is 0. The largest absolute Gasteiger partial charge is 0.481 e. The molecule has 0 unspecified atom stereocenters. The van der Waals surface area contributed by atoms with E-state index in [1.54, 1.807) is 6.07 Å². The van der Waals surface area contributed by atoms with Gasteiger partial charge in [0.25, 0.3) is 11.8 Å². The van der Waals surface area contributed by atoms with Crippen molar-refractivity contribution in [2.45, 2.75) is 13.2 Å². The summed E-state index contributed by atoms with van der Waals surface area (Å²) in [5.41, 5.74) is 0.212. The predicted molar refractivity (Wildman–Crippen MR) is 123 cm³/mol. The van der Waals surface area contributed by atoms with Crippen molar-refractivity contribution < 1.29 is 37.4 Å². The van der Waals surface area contributed by atoms with Gasteiger partial charge in [-0.05, 0) is 58.6 Å². The maximum Gasteiger partial charge on any atom is 0.387 e. The number of carbonyl (C=O) groups is 3. The van der Waals surface area contributed by atoms with Gasteiger partial charge in [-0.15, -0.1) is 0 Å². The van der Waals surface area contributed by atoms with E-state index in [2.05, 4.69) is 25.5 Å². The number of alkyl halides is 2. The van der Waals surface area contributed by atoms with Crippen LogP contribution in [0.1, 0.15) is 26.5 Å². The fourth-order valence-corrected chi connectivity index (χ4v) is 9.16. The van der Waals surface area contributed by atoms with Crippen molar-refractivity contribution in [2.75, 3.05) is 6.54 Å². The van der Waals surface area contributed by atoms with Gasteiger partial charge in [-0.25, -0.2) is 13.9 Å². The summed E-state index contributed by atoms with van der Waals surface area (Å²) in [5.74, 6) is -1.36. The number of nitrogens with one attached hydrogen (secondary N) is 2. The number of carboxylic acids is 1. The Hall–Kier alpha value is -4.16. The smallest absolute Gasteiger partial charge is 0.387 e. The number of aromatic nitrogens is 3. The molecule has 2 amide bonds. The van der Waals surface area contributed by atoms with E-state index in [1.165, 1.54) is 22.8 Å². The highest BCUT2D eigenvalue weighted by Gasteiger charge is 3.11. The molecule has 6 saturated carbocycles.